The Balaban J connectivity index is 1.65. The van der Waals surface area contributed by atoms with Gasteiger partial charge >= 0.3 is 0 Å². The summed E-state index contributed by atoms with van der Waals surface area (Å²) in [7, 11) is 2.20. The van der Waals surface area contributed by atoms with Crippen molar-refractivity contribution in [2.24, 2.45) is 0 Å². The molecule has 0 atom stereocenters. The molecule has 1 aliphatic rings. The van der Waals surface area contributed by atoms with Gasteiger partial charge in [0.2, 0.25) is 0 Å². The van der Waals surface area contributed by atoms with Gasteiger partial charge in [-0.25, -0.2) is 0 Å². The minimum Gasteiger partial charge on any atom is -0.305 e. The SMILES string of the molecule is CN1CCCN(Cc2ccc(-c3ccc(C=O)cc3)cc2)CC1. The third-order valence-electron chi connectivity index (χ3n) is 4.55. The maximum atomic E-state index is 10.7. The number of aldehydes is 1. The first-order valence-corrected chi connectivity index (χ1v) is 8.30. The van der Waals surface area contributed by atoms with Crippen LogP contribution in [0, 0.1) is 0 Å². The number of carbonyl (C=O) groups is 1. The molecule has 2 aromatic rings. The van der Waals surface area contributed by atoms with E-state index < -0.39 is 0 Å². The van der Waals surface area contributed by atoms with Gasteiger partial charge in [0.1, 0.15) is 6.29 Å². The molecular formula is C20H24N2O. The fourth-order valence-corrected chi connectivity index (χ4v) is 3.07. The van der Waals surface area contributed by atoms with Crippen molar-refractivity contribution >= 4 is 6.29 Å². The minimum absolute atomic E-state index is 0.719. The number of hydrogen-bond acceptors (Lipinski definition) is 3. The first kappa shape index (κ1) is 15.9. The van der Waals surface area contributed by atoms with Crippen molar-refractivity contribution in [1.29, 1.82) is 0 Å². The Kier molecular flexibility index (Phi) is 5.21. The molecule has 23 heavy (non-hydrogen) atoms. The van der Waals surface area contributed by atoms with Crippen LogP contribution in [0.5, 0.6) is 0 Å². The third kappa shape index (κ3) is 4.27. The van der Waals surface area contributed by atoms with Gasteiger partial charge in [-0.2, -0.15) is 0 Å². The first-order valence-electron chi connectivity index (χ1n) is 8.30. The van der Waals surface area contributed by atoms with Crippen LogP contribution in [0.3, 0.4) is 0 Å². The lowest BCUT2D eigenvalue weighted by Gasteiger charge is -2.20. The Morgan fingerprint density at radius 1 is 0.870 bits per heavy atom. The molecule has 0 bridgehead atoms. The molecule has 1 fully saturated rings. The second-order valence-corrected chi connectivity index (χ2v) is 6.37. The zero-order valence-corrected chi connectivity index (χ0v) is 13.7. The van der Waals surface area contributed by atoms with E-state index in [-0.39, 0.29) is 0 Å². The highest BCUT2D eigenvalue weighted by Crippen LogP contribution is 2.21. The summed E-state index contributed by atoms with van der Waals surface area (Å²) >= 11 is 0. The van der Waals surface area contributed by atoms with Gasteiger partial charge < -0.3 is 4.90 Å². The predicted molar refractivity (Wildman–Crippen MR) is 94.7 cm³/mol. The normalized spacial score (nSPS) is 16.9. The molecule has 0 aliphatic carbocycles. The fourth-order valence-electron chi connectivity index (χ4n) is 3.07. The Labute approximate surface area is 138 Å². The fraction of sp³-hybridized carbons (Fsp3) is 0.350. The van der Waals surface area contributed by atoms with E-state index in [1.54, 1.807) is 0 Å². The summed E-state index contributed by atoms with van der Waals surface area (Å²) in [6.07, 6.45) is 2.13. The predicted octanol–water partition coefficient (Wildman–Crippen LogP) is 3.30. The molecule has 0 aromatic heterocycles. The van der Waals surface area contributed by atoms with Crippen molar-refractivity contribution in [2.45, 2.75) is 13.0 Å². The molecule has 0 amide bonds. The highest BCUT2D eigenvalue weighted by molar-refractivity contribution is 5.76. The quantitative estimate of drug-likeness (QED) is 0.810. The molecule has 1 saturated heterocycles. The number of carbonyl (C=O) groups excluding carboxylic acids is 1. The van der Waals surface area contributed by atoms with Crippen LogP contribution in [0.4, 0.5) is 0 Å². The molecule has 0 saturated carbocycles. The van der Waals surface area contributed by atoms with Crippen molar-refractivity contribution in [1.82, 2.24) is 9.80 Å². The van der Waals surface area contributed by atoms with E-state index in [4.69, 9.17) is 0 Å². The van der Waals surface area contributed by atoms with E-state index >= 15 is 0 Å². The van der Waals surface area contributed by atoms with Crippen LogP contribution in [0.1, 0.15) is 22.3 Å². The number of nitrogens with zero attached hydrogens (tertiary/aromatic N) is 2. The molecule has 0 unspecified atom stereocenters. The maximum Gasteiger partial charge on any atom is 0.150 e. The van der Waals surface area contributed by atoms with Crippen LogP contribution < -0.4 is 0 Å². The van der Waals surface area contributed by atoms with E-state index in [0.29, 0.717) is 0 Å². The Morgan fingerprint density at radius 3 is 2.17 bits per heavy atom. The van der Waals surface area contributed by atoms with Crippen LogP contribution in [-0.4, -0.2) is 49.3 Å². The molecule has 1 aliphatic heterocycles. The second-order valence-electron chi connectivity index (χ2n) is 6.37. The van der Waals surface area contributed by atoms with E-state index in [1.807, 2.05) is 24.3 Å². The summed E-state index contributed by atoms with van der Waals surface area (Å²) in [5, 5.41) is 0. The van der Waals surface area contributed by atoms with Gasteiger partial charge in [-0.15, -0.1) is 0 Å². The van der Waals surface area contributed by atoms with Gasteiger partial charge in [0, 0.05) is 25.2 Å². The molecule has 3 nitrogen and oxygen atoms in total. The molecule has 120 valence electrons. The molecule has 0 radical (unpaired) electrons. The minimum atomic E-state index is 0.719. The van der Waals surface area contributed by atoms with Gasteiger partial charge in [0.25, 0.3) is 0 Å². The number of likely N-dealkylation sites (N-methyl/N-ethyl adjacent to an activating group) is 1. The van der Waals surface area contributed by atoms with Gasteiger partial charge in [0.05, 0.1) is 0 Å². The molecule has 3 rings (SSSR count). The van der Waals surface area contributed by atoms with Crippen molar-refractivity contribution < 1.29 is 4.79 Å². The summed E-state index contributed by atoms with van der Waals surface area (Å²) in [5.74, 6) is 0. The summed E-state index contributed by atoms with van der Waals surface area (Å²) in [5.41, 5.74) is 4.43. The second kappa shape index (κ2) is 7.53. The number of benzene rings is 2. The summed E-state index contributed by atoms with van der Waals surface area (Å²) < 4.78 is 0. The topological polar surface area (TPSA) is 23.6 Å². The van der Waals surface area contributed by atoms with Crippen LogP contribution >= 0.6 is 0 Å². The molecule has 0 spiro atoms. The van der Waals surface area contributed by atoms with Crippen LogP contribution in [0.2, 0.25) is 0 Å². The average molecular weight is 308 g/mol. The summed E-state index contributed by atoms with van der Waals surface area (Å²) in [6, 6.07) is 16.5. The van der Waals surface area contributed by atoms with Gasteiger partial charge in [0.15, 0.2) is 0 Å². The van der Waals surface area contributed by atoms with Gasteiger partial charge in [-0.3, -0.25) is 9.69 Å². The van der Waals surface area contributed by atoms with Crippen molar-refractivity contribution in [3.63, 3.8) is 0 Å². The highest BCUT2D eigenvalue weighted by Gasteiger charge is 2.12. The van der Waals surface area contributed by atoms with Gasteiger partial charge in [-0.05, 0) is 43.2 Å². The maximum absolute atomic E-state index is 10.7. The number of rotatable bonds is 4. The monoisotopic (exact) mass is 308 g/mol. The average Bonchev–Trinajstić information content (AvgIpc) is 2.80. The van der Waals surface area contributed by atoms with E-state index in [0.717, 1.165) is 37.0 Å². The summed E-state index contributed by atoms with van der Waals surface area (Å²) in [6.45, 7) is 5.70. The summed E-state index contributed by atoms with van der Waals surface area (Å²) in [4.78, 5) is 15.7. The Bertz CT molecular complexity index is 634. The standard InChI is InChI=1S/C20H24N2O/c1-21-11-2-12-22(14-13-21)15-17-3-7-19(8-4-17)20-9-5-18(16-23)6-10-20/h3-10,16H,2,11-15H2,1H3. The first-order chi connectivity index (χ1) is 11.2. The molecule has 2 aromatic carbocycles. The lowest BCUT2D eigenvalue weighted by Crippen LogP contribution is -2.28. The zero-order valence-electron chi connectivity index (χ0n) is 13.7. The van der Waals surface area contributed by atoms with Crippen molar-refractivity contribution in [3.8, 4) is 11.1 Å². The van der Waals surface area contributed by atoms with E-state index in [2.05, 4.69) is 41.1 Å². The highest BCUT2D eigenvalue weighted by atomic mass is 16.1. The third-order valence-corrected chi connectivity index (χ3v) is 4.55. The van der Waals surface area contributed by atoms with E-state index in [1.165, 1.54) is 30.6 Å². The number of hydrogen-bond donors (Lipinski definition) is 0. The lowest BCUT2D eigenvalue weighted by atomic mass is 10.0. The Hall–Kier alpha value is -1.97. The van der Waals surface area contributed by atoms with Crippen LogP contribution in [0.15, 0.2) is 48.5 Å². The molecule has 1 heterocycles. The lowest BCUT2D eigenvalue weighted by molar-refractivity contribution is 0.112. The molecular weight excluding hydrogens is 284 g/mol. The molecule has 3 heteroatoms. The van der Waals surface area contributed by atoms with Crippen molar-refractivity contribution in [3.05, 3.63) is 59.7 Å². The smallest absolute Gasteiger partial charge is 0.150 e. The zero-order chi connectivity index (χ0) is 16.1. The van der Waals surface area contributed by atoms with Gasteiger partial charge in [-0.1, -0.05) is 48.5 Å². The van der Waals surface area contributed by atoms with E-state index in [9.17, 15) is 4.79 Å². The largest absolute Gasteiger partial charge is 0.305 e. The molecule has 0 N–H and O–H groups in total. The Morgan fingerprint density at radius 2 is 1.52 bits per heavy atom. The van der Waals surface area contributed by atoms with Crippen molar-refractivity contribution in [2.75, 3.05) is 33.2 Å². The van der Waals surface area contributed by atoms with Crippen LogP contribution in [0.25, 0.3) is 11.1 Å². The van der Waals surface area contributed by atoms with Crippen LogP contribution in [-0.2, 0) is 6.54 Å².